The van der Waals surface area contributed by atoms with Crippen LogP contribution in [0, 0.1) is 0 Å². The predicted molar refractivity (Wildman–Crippen MR) is 33.3 cm³/mol. The van der Waals surface area contributed by atoms with Gasteiger partial charge in [0.15, 0.2) is 6.29 Å². The lowest BCUT2D eigenvalue weighted by Crippen LogP contribution is -2.04. The van der Waals surface area contributed by atoms with Crippen LogP contribution in [0.25, 0.3) is 0 Å². The van der Waals surface area contributed by atoms with Gasteiger partial charge in [0.2, 0.25) is 0 Å². The minimum atomic E-state index is -4.55. The molecule has 62 valence electrons. The van der Waals surface area contributed by atoms with Crippen molar-refractivity contribution in [1.29, 1.82) is 0 Å². The van der Waals surface area contributed by atoms with Gasteiger partial charge >= 0.3 is 5.97 Å². The van der Waals surface area contributed by atoms with Crippen molar-refractivity contribution < 1.29 is 27.7 Å². The fraction of sp³-hybridized carbons (Fsp3) is 0. The van der Waals surface area contributed by atoms with Crippen molar-refractivity contribution >= 4 is 22.4 Å². The third kappa shape index (κ3) is 4.23. The summed E-state index contributed by atoms with van der Waals surface area (Å²) in [6, 6.07) is 0. The molecule has 0 saturated heterocycles. The summed E-state index contributed by atoms with van der Waals surface area (Å²) in [5.41, 5.74) is -1.02. The summed E-state index contributed by atoms with van der Waals surface area (Å²) in [4.78, 5) is 19.7. The molecule has 11 heavy (non-hydrogen) atoms. The van der Waals surface area contributed by atoms with Gasteiger partial charge in [-0.25, -0.2) is 4.79 Å². The minimum absolute atomic E-state index is 0.0394. The van der Waals surface area contributed by atoms with Crippen LogP contribution in [0.3, 0.4) is 0 Å². The summed E-state index contributed by atoms with van der Waals surface area (Å²) in [5, 5.41) is 8.02. The highest BCUT2D eigenvalue weighted by Gasteiger charge is 2.10. The third-order valence-corrected chi connectivity index (χ3v) is 1.20. The topological polar surface area (TPSA) is 109 Å². The second-order valence-corrected chi connectivity index (χ2v) is 2.78. The highest BCUT2D eigenvalue weighted by molar-refractivity contribution is 7.88. The van der Waals surface area contributed by atoms with Gasteiger partial charge in [0, 0.05) is 0 Å². The van der Waals surface area contributed by atoms with E-state index < -0.39 is 21.7 Å². The first-order chi connectivity index (χ1) is 4.87. The molecule has 7 heteroatoms. The van der Waals surface area contributed by atoms with Gasteiger partial charge in [-0.2, -0.15) is 8.42 Å². The predicted octanol–water partition coefficient (Wildman–Crippen LogP) is -0.958. The fourth-order valence-electron chi connectivity index (χ4n) is 0.289. The highest BCUT2D eigenvalue weighted by Crippen LogP contribution is 1.94. The van der Waals surface area contributed by atoms with E-state index in [4.69, 9.17) is 9.66 Å². The number of aliphatic carboxylic acids is 1. The number of carbonyl (C=O) groups is 2. The third-order valence-electron chi connectivity index (χ3n) is 0.650. The molecular weight excluding hydrogens is 176 g/mol. The summed E-state index contributed by atoms with van der Waals surface area (Å²) in [6.45, 7) is 0. The van der Waals surface area contributed by atoms with E-state index in [1.54, 1.807) is 0 Å². The van der Waals surface area contributed by atoms with Crippen LogP contribution in [-0.4, -0.2) is 30.3 Å². The van der Waals surface area contributed by atoms with Gasteiger partial charge < -0.3 is 5.11 Å². The quantitative estimate of drug-likeness (QED) is 0.190. The van der Waals surface area contributed by atoms with E-state index in [2.05, 4.69) is 0 Å². The average molecular weight is 180 g/mol. The van der Waals surface area contributed by atoms with Crippen molar-refractivity contribution in [1.82, 2.24) is 0 Å². The number of hydrogen-bond donors (Lipinski definition) is 2. The summed E-state index contributed by atoms with van der Waals surface area (Å²) >= 11 is 0. The average Bonchev–Trinajstić information content (AvgIpc) is 1.80. The Labute approximate surface area is 61.9 Å². The minimum Gasteiger partial charge on any atom is -0.478 e. The van der Waals surface area contributed by atoms with E-state index >= 15 is 0 Å². The molecular formula is C4H4O6S. The Bertz CT molecular complexity index is 297. The maximum atomic E-state index is 9.96. The molecule has 0 radical (unpaired) electrons. The zero-order valence-corrected chi connectivity index (χ0v) is 5.91. The first kappa shape index (κ1) is 9.79. The Balaban J connectivity index is 4.94. The zero-order valence-electron chi connectivity index (χ0n) is 5.09. The Morgan fingerprint density at radius 2 is 1.82 bits per heavy atom. The molecule has 0 heterocycles. The van der Waals surface area contributed by atoms with Gasteiger partial charge in [-0.3, -0.25) is 9.35 Å². The van der Waals surface area contributed by atoms with Crippen molar-refractivity contribution in [3.63, 3.8) is 0 Å². The van der Waals surface area contributed by atoms with Crippen LogP contribution in [0.2, 0.25) is 0 Å². The second-order valence-electron chi connectivity index (χ2n) is 1.51. The Hall–Kier alpha value is -1.21. The summed E-state index contributed by atoms with van der Waals surface area (Å²) < 4.78 is 28.0. The van der Waals surface area contributed by atoms with Gasteiger partial charge in [0.1, 0.15) is 5.57 Å². The lowest BCUT2D eigenvalue weighted by atomic mass is 10.4. The normalized spacial score (nSPS) is 12.6. The van der Waals surface area contributed by atoms with Crippen molar-refractivity contribution in [3.05, 3.63) is 11.0 Å². The highest BCUT2D eigenvalue weighted by atomic mass is 32.2. The second kappa shape index (κ2) is 3.26. The van der Waals surface area contributed by atoms with E-state index in [1.807, 2.05) is 0 Å². The standard InChI is InChI=1S/C4H4O6S/c5-1-3(4(6)7)2-11(8,9)10/h1-2H,(H,6,7)(H,8,9,10). The fourth-order valence-corrected chi connectivity index (χ4v) is 0.766. The van der Waals surface area contributed by atoms with Crippen LogP contribution in [0.4, 0.5) is 0 Å². The number of carbonyl (C=O) groups excluding carboxylic acids is 1. The molecule has 0 saturated carbocycles. The molecule has 0 aliphatic rings. The van der Waals surface area contributed by atoms with Crippen molar-refractivity contribution in [2.75, 3.05) is 0 Å². The van der Waals surface area contributed by atoms with Crippen LogP contribution in [-0.2, 0) is 19.7 Å². The monoisotopic (exact) mass is 180 g/mol. The number of rotatable bonds is 3. The number of carboxylic acids is 1. The number of aldehydes is 1. The molecule has 0 rings (SSSR count). The van der Waals surface area contributed by atoms with Gasteiger partial charge in [-0.15, -0.1) is 0 Å². The molecule has 0 aliphatic heterocycles. The van der Waals surface area contributed by atoms with Gasteiger partial charge in [0.05, 0.1) is 5.41 Å². The summed E-state index contributed by atoms with van der Waals surface area (Å²) in [7, 11) is -4.55. The molecule has 0 fully saturated rings. The number of hydrogen-bond acceptors (Lipinski definition) is 4. The Morgan fingerprint density at radius 1 is 1.36 bits per heavy atom. The maximum Gasteiger partial charge on any atom is 0.339 e. The lowest BCUT2D eigenvalue weighted by Gasteiger charge is -1.87. The Kier molecular flexibility index (Phi) is 2.90. The first-order valence-corrected chi connectivity index (χ1v) is 3.75. The van der Waals surface area contributed by atoms with Crippen LogP contribution < -0.4 is 0 Å². The molecule has 0 atom stereocenters. The van der Waals surface area contributed by atoms with Crippen molar-refractivity contribution in [2.24, 2.45) is 0 Å². The smallest absolute Gasteiger partial charge is 0.339 e. The molecule has 2 N–H and O–H groups in total. The summed E-state index contributed by atoms with van der Waals surface area (Å²) in [5.74, 6) is -1.71. The van der Waals surface area contributed by atoms with Gasteiger partial charge in [-0.05, 0) is 0 Å². The maximum absolute atomic E-state index is 9.96. The largest absolute Gasteiger partial charge is 0.478 e. The SMILES string of the molecule is O=CC(=CS(=O)(=O)O)C(=O)O. The molecule has 0 spiro atoms. The lowest BCUT2D eigenvalue weighted by molar-refractivity contribution is -0.133. The molecule has 0 bridgehead atoms. The van der Waals surface area contributed by atoms with E-state index in [9.17, 15) is 18.0 Å². The first-order valence-electron chi connectivity index (χ1n) is 2.24. The molecule has 0 amide bonds. The van der Waals surface area contributed by atoms with Gasteiger partial charge in [-0.1, -0.05) is 0 Å². The van der Waals surface area contributed by atoms with E-state index in [-0.39, 0.29) is 11.7 Å². The van der Waals surface area contributed by atoms with Crippen LogP contribution in [0.1, 0.15) is 0 Å². The molecule has 0 aromatic carbocycles. The summed E-state index contributed by atoms with van der Waals surface area (Å²) in [6.07, 6.45) is -0.184. The van der Waals surface area contributed by atoms with E-state index in [0.717, 1.165) is 0 Å². The molecule has 0 aromatic heterocycles. The molecule has 6 nitrogen and oxygen atoms in total. The van der Waals surface area contributed by atoms with Crippen molar-refractivity contribution in [3.8, 4) is 0 Å². The van der Waals surface area contributed by atoms with E-state index in [1.165, 1.54) is 0 Å². The molecule has 0 unspecified atom stereocenters. The van der Waals surface area contributed by atoms with E-state index in [0.29, 0.717) is 0 Å². The molecule has 0 aliphatic carbocycles. The number of carboxylic acid groups (broad SMARTS) is 1. The van der Waals surface area contributed by atoms with Crippen molar-refractivity contribution in [2.45, 2.75) is 0 Å². The van der Waals surface area contributed by atoms with Crippen LogP contribution in [0.5, 0.6) is 0 Å². The molecule has 0 aromatic rings. The zero-order chi connectivity index (χ0) is 9.07. The van der Waals surface area contributed by atoms with Crippen LogP contribution >= 0.6 is 0 Å². The van der Waals surface area contributed by atoms with Gasteiger partial charge in [0.25, 0.3) is 10.1 Å². The van der Waals surface area contributed by atoms with Crippen LogP contribution in [0.15, 0.2) is 11.0 Å². The Morgan fingerprint density at radius 3 is 1.91 bits per heavy atom.